The Morgan fingerprint density at radius 2 is 1.96 bits per heavy atom. The zero-order valence-corrected chi connectivity index (χ0v) is 16.9. The summed E-state index contributed by atoms with van der Waals surface area (Å²) < 4.78 is 5.37. The van der Waals surface area contributed by atoms with E-state index in [9.17, 15) is 0 Å². The first-order chi connectivity index (χ1) is 13.3. The van der Waals surface area contributed by atoms with Gasteiger partial charge >= 0.3 is 0 Å². The van der Waals surface area contributed by atoms with Crippen molar-refractivity contribution in [1.29, 1.82) is 0 Å². The highest BCUT2D eigenvalue weighted by atomic mass is 16.5. The predicted octanol–water partition coefficient (Wildman–Crippen LogP) is 3.42. The largest absolute Gasteiger partial charge is 0.377 e. The Bertz CT molecular complexity index is 632. The molecular formula is C22H34N4O. The van der Waals surface area contributed by atoms with Crippen LogP contribution in [0.3, 0.4) is 0 Å². The number of ether oxygens (including phenoxy) is 1. The number of rotatable bonds is 6. The number of anilines is 1. The number of piperidine rings is 1. The molecule has 1 aromatic rings. The zero-order chi connectivity index (χ0) is 18.9. The molecule has 148 valence electrons. The number of benzene rings is 1. The van der Waals surface area contributed by atoms with Crippen LogP contribution in [0.4, 0.5) is 5.69 Å². The summed E-state index contributed by atoms with van der Waals surface area (Å²) in [7, 11) is 3.95. The van der Waals surface area contributed by atoms with E-state index in [-0.39, 0.29) is 0 Å². The molecule has 0 amide bonds. The van der Waals surface area contributed by atoms with E-state index in [1.807, 2.05) is 7.05 Å². The van der Waals surface area contributed by atoms with E-state index >= 15 is 0 Å². The van der Waals surface area contributed by atoms with Crippen LogP contribution in [-0.4, -0.2) is 57.8 Å². The van der Waals surface area contributed by atoms with Crippen molar-refractivity contribution in [2.75, 3.05) is 51.8 Å². The Morgan fingerprint density at radius 1 is 1.19 bits per heavy atom. The summed E-state index contributed by atoms with van der Waals surface area (Å²) in [6, 6.07) is 9.03. The van der Waals surface area contributed by atoms with Crippen molar-refractivity contribution in [2.24, 2.45) is 4.99 Å². The highest BCUT2D eigenvalue weighted by Crippen LogP contribution is 2.20. The smallest absolute Gasteiger partial charge is 0.193 e. The highest BCUT2D eigenvalue weighted by molar-refractivity contribution is 5.79. The summed E-state index contributed by atoms with van der Waals surface area (Å²) in [4.78, 5) is 9.13. The number of aliphatic imine (C=N–C) groups is 1. The molecule has 5 heteroatoms. The van der Waals surface area contributed by atoms with Crippen LogP contribution in [0.25, 0.3) is 0 Å². The van der Waals surface area contributed by atoms with Crippen molar-refractivity contribution in [2.45, 2.75) is 38.6 Å². The molecule has 2 heterocycles. The van der Waals surface area contributed by atoms with E-state index in [1.165, 1.54) is 49.2 Å². The first-order valence-electron chi connectivity index (χ1n) is 10.3. The van der Waals surface area contributed by atoms with E-state index in [1.54, 1.807) is 0 Å². The first kappa shape index (κ1) is 19.7. The second-order valence-electron chi connectivity index (χ2n) is 7.48. The molecule has 0 aliphatic carbocycles. The quantitative estimate of drug-likeness (QED) is 0.473. The Morgan fingerprint density at radius 3 is 2.63 bits per heavy atom. The van der Waals surface area contributed by atoms with Gasteiger partial charge in [-0.1, -0.05) is 23.8 Å². The molecule has 0 spiro atoms. The fraction of sp³-hybridized carbons (Fsp3) is 0.591. The average molecular weight is 371 g/mol. The van der Waals surface area contributed by atoms with Crippen LogP contribution in [-0.2, 0) is 11.3 Å². The third kappa shape index (κ3) is 5.99. The van der Waals surface area contributed by atoms with Crippen molar-refractivity contribution < 1.29 is 4.74 Å². The van der Waals surface area contributed by atoms with E-state index in [0.717, 1.165) is 45.1 Å². The molecule has 0 saturated carbocycles. The number of nitrogens with one attached hydrogen (secondary N) is 1. The van der Waals surface area contributed by atoms with E-state index in [4.69, 9.17) is 4.74 Å². The van der Waals surface area contributed by atoms with E-state index < -0.39 is 0 Å². The van der Waals surface area contributed by atoms with Crippen LogP contribution in [0, 0.1) is 0 Å². The van der Waals surface area contributed by atoms with Gasteiger partial charge in [0.2, 0.25) is 0 Å². The van der Waals surface area contributed by atoms with Crippen molar-refractivity contribution in [3.63, 3.8) is 0 Å². The van der Waals surface area contributed by atoms with Crippen molar-refractivity contribution in [3.8, 4) is 0 Å². The topological polar surface area (TPSA) is 40.1 Å². The highest BCUT2D eigenvalue weighted by Gasteiger charge is 2.12. The lowest BCUT2D eigenvalue weighted by Crippen LogP contribution is -2.39. The molecule has 1 fully saturated rings. The molecular weight excluding hydrogens is 336 g/mol. The van der Waals surface area contributed by atoms with Crippen molar-refractivity contribution in [1.82, 2.24) is 10.2 Å². The summed E-state index contributed by atoms with van der Waals surface area (Å²) in [5.74, 6) is 0.947. The van der Waals surface area contributed by atoms with E-state index in [2.05, 4.69) is 57.5 Å². The Labute approximate surface area is 164 Å². The molecule has 3 rings (SSSR count). The van der Waals surface area contributed by atoms with Gasteiger partial charge in [-0.25, -0.2) is 0 Å². The minimum absolute atomic E-state index is 0.761. The molecule has 2 aliphatic heterocycles. The lowest BCUT2D eigenvalue weighted by atomic mass is 10.1. The monoisotopic (exact) mass is 370 g/mol. The SMILES string of the molecule is CN=C(NCCC1=CCOCC1)N(C)Cc1ccc(N2CCCCC2)cc1. The number of guanidine groups is 1. The molecule has 2 aliphatic rings. The molecule has 0 aromatic heterocycles. The Hall–Kier alpha value is -2.01. The second kappa shape index (κ2) is 10.4. The summed E-state index contributed by atoms with van der Waals surface area (Å²) >= 11 is 0. The zero-order valence-electron chi connectivity index (χ0n) is 16.9. The predicted molar refractivity (Wildman–Crippen MR) is 113 cm³/mol. The fourth-order valence-electron chi connectivity index (χ4n) is 3.83. The minimum atomic E-state index is 0.761. The molecule has 0 radical (unpaired) electrons. The van der Waals surface area contributed by atoms with Crippen molar-refractivity contribution >= 4 is 11.6 Å². The molecule has 5 nitrogen and oxygen atoms in total. The van der Waals surface area contributed by atoms with Gasteiger partial charge in [-0.2, -0.15) is 0 Å². The second-order valence-corrected chi connectivity index (χ2v) is 7.48. The fourth-order valence-corrected chi connectivity index (χ4v) is 3.83. The first-order valence-corrected chi connectivity index (χ1v) is 10.3. The van der Waals surface area contributed by atoms with Gasteiger partial charge < -0.3 is 19.9 Å². The minimum Gasteiger partial charge on any atom is -0.377 e. The van der Waals surface area contributed by atoms with Gasteiger partial charge in [-0.15, -0.1) is 0 Å². The van der Waals surface area contributed by atoms with Gasteiger partial charge in [0.05, 0.1) is 13.2 Å². The van der Waals surface area contributed by atoms with Crippen LogP contribution in [0.2, 0.25) is 0 Å². The maximum absolute atomic E-state index is 5.37. The summed E-state index contributed by atoms with van der Waals surface area (Å²) in [5.41, 5.74) is 4.15. The summed E-state index contributed by atoms with van der Waals surface area (Å²) in [6.07, 6.45) is 8.32. The van der Waals surface area contributed by atoms with Gasteiger partial charge in [-0.3, -0.25) is 4.99 Å². The Balaban J connectivity index is 1.47. The molecule has 1 saturated heterocycles. The number of nitrogens with zero attached hydrogens (tertiary/aromatic N) is 3. The Kier molecular flexibility index (Phi) is 7.57. The van der Waals surface area contributed by atoms with Gasteiger partial charge in [-0.05, 0) is 49.8 Å². The summed E-state index contributed by atoms with van der Waals surface area (Å²) in [6.45, 7) is 5.77. The molecule has 1 N–H and O–H groups in total. The molecule has 27 heavy (non-hydrogen) atoms. The van der Waals surface area contributed by atoms with Crippen LogP contribution in [0.1, 0.15) is 37.7 Å². The van der Waals surface area contributed by atoms with Crippen LogP contribution in [0.15, 0.2) is 40.9 Å². The standard InChI is InChI=1S/C22H34N4O/c1-23-22(24-13-10-19-11-16-27-17-12-19)25(2)18-20-6-8-21(9-7-20)26-14-4-3-5-15-26/h6-9,11H,3-5,10,12-18H2,1-2H3,(H,23,24). The van der Waals surface area contributed by atoms with Crippen LogP contribution >= 0.6 is 0 Å². The number of hydrogen-bond donors (Lipinski definition) is 1. The third-order valence-corrected chi connectivity index (χ3v) is 5.44. The summed E-state index contributed by atoms with van der Waals surface area (Å²) in [5, 5.41) is 3.49. The maximum atomic E-state index is 5.37. The average Bonchev–Trinajstić information content (AvgIpc) is 2.73. The van der Waals surface area contributed by atoms with Gasteiger partial charge in [0, 0.05) is 46.0 Å². The lowest BCUT2D eigenvalue weighted by Gasteiger charge is -2.29. The molecule has 1 aromatic carbocycles. The van der Waals surface area contributed by atoms with Gasteiger partial charge in [0.1, 0.15) is 0 Å². The van der Waals surface area contributed by atoms with E-state index in [0.29, 0.717) is 0 Å². The van der Waals surface area contributed by atoms with Crippen LogP contribution < -0.4 is 10.2 Å². The van der Waals surface area contributed by atoms with Crippen molar-refractivity contribution in [3.05, 3.63) is 41.5 Å². The van der Waals surface area contributed by atoms with Gasteiger partial charge in [0.25, 0.3) is 0 Å². The maximum Gasteiger partial charge on any atom is 0.193 e. The molecule has 0 bridgehead atoms. The normalized spacial score (nSPS) is 18.2. The molecule has 0 unspecified atom stereocenters. The lowest BCUT2D eigenvalue weighted by molar-refractivity contribution is 0.153. The van der Waals surface area contributed by atoms with Gasteiger partial charge in [0.15, 0.2) is 5.96 Å². The molecule has 0 atom stereocenters. The third-order valence-electron chi connectivity index (χ3n) is 5.44. The number of hydrogen-bond acceptors (Lipinski definition) is 3. The van der Waals surface area contributed by atoms with Crippen LogP contribution in [0.5, 0.6) is 0 Å².